The summed E-state index contributed by atoms with van der Waals surface area (Å²) in [4.78, 5) is 25.4. The van der Waals surface area contributed by atoms with Gasteiger partial charge in [0.05, 0.1) is 13.5 Å². The standard InChI is InChI=1S/C14H24N2O3/c1-19-14(18)10-12-4-2-3-8-16(12)9-7-13(17)15-11-5-6-11/h11-12H,2-10H2,1H3,(H,15,17). The SMILES string of the molecule is COC(=O)CC1CCCCN1CCC(=O)NC1CC1. The van der Waals surface area contributed by atoms with Crippen molar-refractivity contribution in [3.8, 4) is 0 Å². The fourth-order valence-electron chi connectivity index (χ4n) is 2.63. The zero-order chi connectivity index (χ0) is 13.7. The van der Waals surface area contributed by atoms with E-state index >= 15 is 0 Å². The van der Waals surface area contributed by atoms with Crippen molar-refractivity contribution >= 4 is 11.9 Å². The molecule has 0 aromatic heterocycles. The second-order valence-corrected chi connectivity index (χ2v) is 5.56. The van der Waals surface area contributed by atoms with E-state index in [1.807, 2.05) is 0 Å². The molecule has 0 radical (unpaired) electrons. The summed E-state index contributed by atoms with van der Waals surface area (Å²) in [6, 6.07) is 0.676. The average Bonchev–Trinajstić information content (AvgIpc) is 3.21. The highest BCUT2D eigenvalue weighted by atomic mass is 16.5. The number of amides is 1. The summed E-state index contributed by atoms with van der Waals surface area (Å²) in [7, 11) is 1.43. The molecule has 1 atom stereocenters. The van der Waals surface area contributed by atoms with Gasteiger partial charge in [0.2, 0.25) is 5.91 Å². The molecule has 1 N–H and O–H groups in total. The number of carbonyl (C=O) groups excluding carboxylic acids is 2. The van der Waals surface area contributed by atoms with Crippen LogP contribution in [-0.2, 0) is 14.3 Å². The number of nitrogens with zero attached hydrogens (tertiary/aromatic N) is 1. The molecular weight excluding hydrogens is 244 g/mol. The van der Waals surface area contributed by atoms with E-state index in [4.69, 9.17) is 4.74 Å². The van der Waals surface area contributed by atoms with E-state index in [9.17, 15) is 9.59 Å². The molecule has 108 valence electrons. The highest BCUT2D eigenvalue weighted by Gasteiger charge is 2.27. The number of nitrogens with one attached hydrogen (secondary N) is 1. The Morgan fingerprint density at radius 3 is 2.74 bits per heavy atom. The van der Waals surface area contributed by atoms with Crippen LogP contribution in [0.25, 0.3) is 0 Å². The molecule has 2 fully saturated rings. The van der Waals surface area contributed by atoms with Crippen LogP contribution in [0.5, 0.6) is 0 Å². The van der Waals surface area contributed by atoms with Crippen molar-refractivity contribution in [3.63, 3.8) is 0 Å². The van der Waals surface area contributed by atoms with Gasteiger partial charge in [-0.05, 0) is 32.2 Å². The Morgan fingerprint density at radius 1 is 1.26 bits per heavy atom. The Labute approximate surface area is 114 Å². The number of methoxy groups -OCH3 is 1. The molecule has 1 saturated heterocycles. The first-order valence-corrected chi connectivity index (χ1v) is 7.29. The lowest BCUT2D eigenvalue weighted by atomic mass is 9.99. The maximum Gasteiger partial charge on any atom is 0.307 e. The fourth-order valence-corrected chi connectivity index (χ4v) is 2.63. The van der Waals surface area contributed by atoms with Crippen molar-refractivity contribution in [3.05, 3.63) is 0 Å². The highest BCUT2D eigenvalue weighted by Crippen LogP contribution is 2.21. The summed E-state index contributed by atoms with van der Waals surface area (Å²) in [6.07, 6.45) is 6.57. The topological polar surface area (TPSA) is 58.6 Å². The van der Waals surface area contributed by atoms with Crippen molar-refractivity contribution in [2.24, 2.45) is 0 Å². The van der Waals surface area contributed by atoms with Crippen molar-refractivity contribution in [2.75, 3.05) is 20.2 Å². The summed E-state index contributed by atoms with van der Waals surface area (Å²) in [5.41, 5.74) is 0. The molecule has 1 saturated carbocycles. The number of hydrogen-bond donors (Lipinski definition) is 1. The van der Waals surface area contributed by atoms with Gasteiger partial charge in [-0.2, -0.15) is 0 Å². The van der Waals surface area contributed by atoms with Crippen molar-refractivity contribution < 1.29 is 14.3 Å². The Hall–Kier alpha value is -1.10. The molecule has 1 aliphatic heterocycles. The van der Waals surface area contributed by atoms with Gasteiger partial charge in [-0.25, -0.2) is 0 Å². The minimum Gasteiger partial charge on any atom is -0.469 e. The maximum absolute atomic E-state index is 11.7. The molecule has 2 rings (SSSR count). The molecule has 1 unspecified atom stereocenters. The smallest absolute Gasteiger partial charge is 0.307 e. The molecule has 1 amide bonds. The summed E-state index contributed by atoms with van der Waals surface area (Å²) in [6.45, 7) is 1.73. The van der Waals surface area contributed by atoms with E-state index in [1.165, 1.54) is 7.11 Å². The van der Waals surface area contributed by atoms with Gasteiger partial charge in [0.1, 0.15) is 0 Å². The minimum absolute atomic E-state index is 0.143. The number of rotatable bonds is 6. The van der Waals surface area contributed by atoms with Gasteiger partial charge >= 0.3 is 5.97 Å². The molecule has 0 spiro atoms. The van der Waals surface area contributed by atoms with Crippen LogP contribution in [0.1, 0.15) is 44.9 Å². The number of piperidine rings is 1. The quantitative estimate of drug-likeness (QED) is 0.732. The largest absolute Gasteiger partial charge is 0.469 e. The lowest BCUT2D eigenvalue weighted by Crippen LogP contribution is -2.43. The van der Waals surface area contributed by atoms with Gasteiger partial charge in [0.15, 0.2) is 0 Å². The monoisotopic (exact) mass is 268 g/mol. The summed E-state index contributed by atoms with van der Waals surface area (Å²) in [5, 5.41) is 3.00. The van der Waals surface area contributed by atoms with Gasteiger partial charge in [-0.15, -0.1) is 0 Å². The Morgan fingerprint density at radius 2 is 2.05 bits per heavy atom. The van der Waals surface area contributed by atoms with E-state index < -0.39 is 0 Å². The molecule has 5 heteroatoms. The fraction of sp³-hybridized carbons (Fsp3) is 0.857. The van der Waals surface area contributed by atoms with Crippen molar-refractivity contribution in [1.29, 1.82) is 0 Å². The number of hydrogen-bond acceptors (Lipinski definition) is 4. The normalized spacial score (nSPS) is 23.9. The Balaban J connectivity index is 1.74. The molecule has 0 aromatic rings. The third-order valence-corrected chi connectivity index (χ3v) is 3.95. The zero-order valence-electron chi connectivity index (χ0n) is 11.7. The van der Waals surface area contributed by atoms with Crippen LogP contribution < -0.4 is 5.32 Å². The summed E-state index contributed by atoms with van der Waals surface area (Å²) in [5.74, 6) is -0.00998. The van der Waals surface area contributed by atoms with Crippen LogP contribution in [0.2, 0.25) is 0 Å². The molecule has 5 nitrogen and oxygen atoms in total. The maximum atomic E-state index is 11.7. The van der Waals surface area contributed by atoms with E-state index in [0.717, 1.165) is 45.2 Å². The first kappa shape index (κ1) is 14.3. The van der Waals surface area contributed by atoms with Crippen molar-refractivity contribution in [2.45, 2.75) is 57.0 Å². The van der Waals surface area contributed by atoms with Crippen LogP contribution in [0, 0.1) is 0 Å². The van der Waals surface area contributed by atoms with E-state index in [0.29, 0.717) is 18.9 Å². The Bertz CT molecular complexity index is 329. The van der Waals surface area contributed by atoms with Gasteiger partial charge in [-0.1, -0.05) is 6.42 Å². The van der Waals surface area contributed by atoms with Crippen LogP contribution in [0.3, 0.4) is 0 Å². The van der Waals surface area contributed by atoms with E-state index in [2.05, 4.69) is 10.2 Å². The second-order valence-electron chi connectivity index (χ2n) is 5.56. The van der Waals surface area contributed by atoms with Gasteiger partial charge < -0.3 is 10.1 Å². The lowest BCUT2D eigenvalue weighted by molar-refractivity contribution is -0.142. The van der Waals surface area contributed by atoms with E-state index in [1.54, 1.807) is 0 Å². The molecule has 1 aliphatic carbocycles. The summed E-state index contributed by atoms with van der Waals surface area (Å²) < 4.78 is 4.74. The number of likely N-dealkylation sites (tertiary alicyclic amines) is 1. The molecular formula is C14H24N2O3. The van der Waals surface area contributed by atoms with Crippen LogP contribution in [0.15, 0.2) is 0 Å². The second kappa shape index (κ2) is 6.89. The van der Waals surface area contributed by atoms with Crippen LogP contribution >= 0.6 is 0 Å². The first-order chi connectivity index (χ1) is 9.19. The molecule has 0 aromatic carbocycles. The highest BCUT2D eigenvalue weighted by molar-refractivity contribution is 5.76. The third-order valence-electron chi connectivity index (χ3n) is 3.95. The van der Waals surface area contributed by atoms with E-state index in [-0.39, 0.29) is 17.9 Å². The number of ether oxygens (including phenoxy) is 1. The molecule has 19 heavy (non-hydrogen) atoms. The third kappa shape index (κ3) is 4.82. The average molecular weight is 268 g/mol. The minimum atomic E-state index is -0.153. The van der Waals surface area contributed by atoms with Crippen LogP contribution in [-0.4, -0.2) is 49.1 Å². The first-order valence-electron chi connectivity index (χ1n) is 7.29. The van der Waals surface area contributed by atoms with Gasteiger partial charge in [0.25, 0.3) is 0 Å². The predicted octanol–water partition coefficient (Wildman–Crippen LogP) is 1.07. The van der Waals surface area contributed by atoms with Gasteiger partial charge in [0, 0.05) is 25.0 Å². The molecule has 1 heterocycles. The van der Waals surface area contributed by atoms with Crippen LogP contribution in [0.4, 0.5) is 0 Å². The molecule has 0 bridgehead atoms. The van der Waals surface area contributed by atoms with Gasteiger partial charge in [-0.3, -0.25) is 14.5 Å². The number of esters is 1. The zero-order valence-corrected chi connectivity index (χ0v) is 11.7. The predicted molar refractivity (Wildman–Crippen MR) is 71.6 cm³/mol. The molecule has 2 aliphatic rings. The van der Waals surface area contributed by atoms with Crippen molar-refractivity contribution in [1.82, 2.24) is 10.2 Å². The number of carbonyl (C=O) groups is 2. The lowest BCUT2D eigenvalue weighted by Gasteiger charge is -2.34. The Kier molecular flexibility index (Phi) is 5.19. The summed E-state index contributed by atoms with van der Waals surface area (Å²) >= 11 is 0.